The largest absolute Gasteiger partial charge is 0.0837 e. The van der Waals surface area contributed by atoms with E-state index in [2.05, 4.69) is 48.5 Å². The van der Waals surface area contributed by atoms with Crippen LogP contribution in [0.4, 0.5) is 0 Å². The van der Waals surface area contributed by atoms with Crippen molar-refractivity contribution >= 4 is 11.6 Å². The van der Waals surface area contributed by atoms with Gasteiger partial charge in [-0.25, -0.2) is 0 Å². The smallest absolute Gasteiger partial charge is 0.0484 e. The van der Waals surface area contributed by atoms with Crippen LogP contribution in [0.25, 0.3) is 22.3 Å². The van der Waals surface area contributed by atoms with Crippen molar-refractivity contribution in [2.45, 2.75) is 0 Å². The van der Waals surface area contributed by atoms with Gasteiger partial charge in [-0.3, -0.25) is 0 Å². The molecule has 0 saturated heterocycles. The fraction of sp³-hybridized carbons (Fsp3) is 0. The van der Waals surface area contributed by atoms with Crippen LogP contribution in [-0.4, -0.2) is 0 Å². The van der Waals surface area contributed by atoms with Gasteiger partial charge in [0.25, 0.3) is 0 Å². The Morgan fingerprint density at radius 1 is 0.529 bits per heavy atom. The molecule has 3 rings (SSSR count). The molecule has 0 bridgehead atoms. The zero-order valence-corrected chi connectivity index (χ0v) is 9.98. The van der Waals surface area contributed by atoms with E-state index in [0.717, 1.165) is 10.6 Å². The summed E-state index contributed by atoms with van der Waals surface area (Å²) < 4.78 is 0. The summed E-state index contributed by atoms with van der Waals surface area (Å²) in [5, 5.41) is 0.813. The van der Waals surface area contributed by atoms with Crippen molar-refractivity contribution in [1.82, 2.24) is 0 Å². The van der Waals surface area contributed by atoms with Crippen LogP contribution in [0.2, 0.25) is 5.02 Å². The average molecular weight is 239 g/mol. The molecule has 0 unspecified atom stereocenters. The maximum atomic E-state index is 6.19. The van der Waals surface area contributed by atoms with Gasteiger partial charge in [-0.15, -0.1) is 0 Å². The molecule has 2 aliphatic carbocycles. The first-order chi connectivity index (χ1) is 8.36. The Hall–Kier alpha value is -1.79. The molecule has 0 radical (unpaired) electrons. The van der Waals surface area contributed by atoms with Crippen molar-refractivity contribution in [1.29, 1.82) is 0 Å². The average Bonchev–Trinajstić information content (AvgIpc) is 2.62. The van der Waals surface area contributed by atoms with Gasteiger partial charge in [0.15, 0.2) is 0 Å². The van der Waals surface area contributed by atoms with E-state index >= 15 is 0 Å². The van der Waals surface area contributed by atoms with Crippen LogP contribution < -0.4 is 0 Å². The van der Waals surface area contributed by atoms with Crippen molar-refractivity contribution in [2.24, 2.45) is 0 Å². The lowest BCUT2D eigenvalue weighted by atomic mass is 10.0. The lowest BCUT2D eigenvalue weighted by Gasteiger charge is -2.04. The Balaban J connectivity index is 2.28. The van der Waals surface area contributed by atoms with Gasteiger partial charge in [-0.2, -0.15) is 0 Å². The number of fused-ring (bicyclic) bond motifs is 1. The molecule has 0 aromatic heterocycles. The molecule has 0 heterocycles. The molecule has 2 aliphatic rings. The highest BCUT2D eigenvalue weighted by Crippen LogP contribution is 2.37. The molecule has 1 aromatic rings. The first kappa shape index (κ1) is 10.4. The Morgan fingerprint density at radius 2 is 1.18 bits per heavy atom. The molecular formula is C16H11Cl. The predicted molar refractivity (Wildman–Crippen MR) is 73.5 cm³/mol. The van der Waals surface area contributed by atoms with Crippen molar-refractivity contribution in [3.63, 3.8) is 0 Å². The quantitative estimate of drug-likeness (QED) is 0.553. The molecule has 0 atom stereocenters. The van der Waals surface area contributed by atoms with Gasteiger partial charge in [0.05, 0.1) is 0 Å². The van der Waals surface area contributed by atoms with Crippen LogP contribution in [0.5, 0.6) is 0 Å². The maximum Gasteiger partial charge on any atom is 0.0484 e. The summed E-state index contributed by atoms with van der Waals surface area (Å²) in [6.07, 6.45) is 0. The Morgan fingerprint density at radius 3 is 1.94 bits per heavy atom. The van der Waals surface area contributed by atoms with Gasteiger partial charge in [0, 0.05) is 10.6 Å². The fourth-order valence-electron chi connectivity index (χ4n) is 2.13. The van der Waals surface area contributed by atoms with Gasteiger partial charge in [0.1, 0.15) is 0 Å². The third-order valence-electron chi connectivity index (χ3n) is 2.96. The highest BCUT2D eigenvalue weighted by Gasteiger charge is 2.11. The Kier molecular flexibility index (Phi) is 2.58. The fourth-order valence-corrected chi connectivity index (χ4v) is 2.36. The predicted octanol–water partition coefficient (Wildman–Crippen LogP) is 5.11. The van der Waals surface area contributed by atoms with Crippen molar-refractivity contribution in [3.05, 3.63) is 71.8 Å². The molecule has 0 N–H and O–H groups in total. The van der Waals surface area contributed by atoms with E-state index in [9.17, 15) is 0 Å². The minimum Gasteiger partial charge on any atom is -0.0837 e. The molecule has 17 heavy (non-hydrogen) atoms. The van der Waals surface area contributed by atoms with E-state index in [1.165, 1.54) is 16.7 Å². The SMILES string of the molecule is Clc1ccc2c(-c3ccccc3)ccccc1-2. The summed E-state index contributed by atoms with van der Waals surface area (Å²) in [5.41, 5.74) is 4.75. The molecule has 0 saturated carbocycles. The zero-order chi connectivity index (χ0) is 11.7. The number of halogens is 1. The van der Waals surface area contributed by atoms with Crippen LogP contribution >= 0.6 is 11.6 Å². The standard InChI is InChI=1S/C16H11Cl/c17-16-11-10-14-13(8-4-5-9-15(14)16)12-6-2-1-3-7-12/h1-11H. The molecule has 1 aromatic carbocycles. The van der Waals surface area contributed by atoms with E-state index in [4.69, 9.17) is 11.6 Å². The van der Waals surface area contributed by atoms with Gasteiger partial charge >= 0.3 is 0 Å². The minimum absolute atomic E-state index is 0.813. The highest BCUT2D eigenvalue weighted by molar-refractivity contribution is 6.34. The zero-order valence-electron chi connectivity index (χ0n) is 9.23. The van der Waals surface area contributed by atoms with Crippen LogP contribution in [0, 0.1) is 0 Å². The number of benzene rings is 1. The van der Waals surface area contributed by atoms with E-state index in [0.29, 0.717) is 0 Å². The van der Waals surface area contributed by atoms with Gasteiger partial charge in [0.2, 0.25) is 0 Å². The van der Waals surface area contributed by atoms with E-state index in [1.54, 1.807) is 0 Å². The van der Waals surface area contributed by atoms with Crippen molar-refractivity contribution in [3.8, 4) is 22.3 Å². The van der Waals surface area contributed by atoms with E-state index in [1.807, 2.05) is 18.2 Å². The molecular weight excluding hydrogens is 228 g/mol. The second-order valence-corrected chi connectivity index (χ2v) is 4.41. The van der Waals surface area contributed by atoms with Crippen molar-refractivity contribution in [2.75, 3.05) is 0 Å². The van der Waals surface area contributed by atoms with Crippen LogP contribution in [0.1, 0.15) is 0 Å². The Labute approximate surface area is 106 Å². The molecule has 0 nitrogen and oxygen atoms in total. The molecule has 1 heteroatoms. The lowest BCUT2D eigenvalue weighted by molar-refractivity contribution is 1.65. The summed E-state index contributed by atoms with van der Waals surface area (Å²) in [5.74, 6) is 0. The summed E-state index contributed by atoms with van der Waals surface area (Å²) >= 11 is 6.19. The highest BCUT2D eigenvalue weighted by atomic mass is 35.5. The first-order valence-corrected chi connectivity index (χ1v) is 5.97. The topological polar surface area (TPSA) is 0 Å². The van der Waals surface area contributed by atoms with Crippen LogP contribution in [0.3, 0.4) is 0 Å². The van der Waals surface area contributed by atoms with Crippen LogP contribution in [0.15, 0.2) is 66.7 Å². The molecule has 0 aliphatic heterocycles. The van der Waals surface area contributed by atoms with Gasteiger partial charge in [-0.05, 0) is 22.8 Å². The van der Waals surface area contributed by atoms with Gasteiger partial charge in [-0.1, -0.05) is 72.3 Å². The van der Waals surface area contributed by atoms with Gasteiger partial charge < -0.3 is 0 Å². The molecule has 82 valence electrons. The second-order valence-electron chi connectivity index (χ2n) is 4.01. The van der Waals surface area contributed by atoms with E-state index in [-0.39, 0.29) is 0 Å². The second kappa shape index (κ2) is 4.23. The summed E-state index contributed by atoms with van der Waals surface area (Å²) in [6.45, 7) is 0. The van der Waals surface area contributed by atoms with Crippen molar-refractivity contribution < 1.29 is 0 Å². The number of hydrogen-bond acceptors (Lipinski definition) is 0. The third kappa shape index (κ3) is 1.81. The lowest BCUT2D eigenvalue weighted by Crippen LogP contribution is -1.78. The Bertz CT molecular complexity index is 614. The molecule has 0 spiro atoms. The summed E-state index contributed by atoms with van der Waals surface area (Å²) in [6, 6.07) is 22.7. The van der Waals surface area contributed by atoms with E-state index < -0.39 is 0 Å². The minimum atomic E-state index is 0.813. The molecule has 0 amide bonds. The summed E-state index contributed by atoms with van der Waals surface area (Å²) in [7, 11) is 0. The molecule has 0 fully saturated rings. The van der Waals surface area contributed by atoms with Crippen LogP contribution in [-0.2, 0) is 0 Å². The third-order valence-corrected chi connectivity index (χ3v) is 3.29. The monoisotopic (exact) mass is 238 g/mol. The summed E-state index contributed by atoms with van der Waals surface area (Å²) in [4.78, 5) is 0. The number of hydrogen-bond donors (Lipinski definition) is 0. The maximum absolute atomic E-state index is 6.19. The normalized spacial score (nSPS) is 10.6. The first-order valence-electron chi connectivity index (χ1n) is 5.59. The number of rotatable bonds is 1.